The fourth-order valence-corrected chi connectivity index (χ4v) is 3.98. The van der Waals surface area contributed by atoms with Crippen LogP contribution in [0.3, 0.4) is 0 Å². The van der Waals surface area contributed by atoms with Gasteiger partial charge in [0.05, 0.1) is 28.7 Å². The Hall–Kier alpha value is -3.00. The maximum absolute atomic E-state index is 12.9. The monoisotopic (exact) mass is 412 g/mol. The standard InChI is InChI=1S/C21H24N4O3S/c1-11(2)28-16-10-8-7-9-15(16)23-19(26)18-14(5)22-20(29-18)17-12(3)13(4)24-25(6)21(17)27/h7-11H,1-6H3,(H,23,26). The van der Waals surface area contributed by atoms with Crippen LogP contribution in [-0.2, 0) is 7.05 Å². The topological polar surface area (TPSA) is 86.1 Å². The van der Waals surface area contributed by atoms with Crippen molar-refractivity contribution in [2.45, 2.75) is 40.7 Å². The third kappa shape index (κ3) is 4.22. The number of benzene rings is 1. The molecule has 0 aliphatic carbocycles. The number of ether oxygens (including phenoxy) is 1. The molecule has 1 amide bonds. The number of carbonyl (C=O) groups is 1. The summed E-state index contributed by atoms with van der Waals surface area (Å²) in [5.74, 6) is 0.319. The zero-order valence-electron chi connectivity index (χ0n) is 17.4. The number of para-hydroxylation sites is 2. The molecule has 2 aromatic heterocycles. The number of nitrogens with one attached hydrogen (secondary N) is 1. The van der Waals surface area contributed by atoms with Crippen LogP contribution >= 0.6 is 11.3 Å². The van der Waals surface area contributed by atoms with Crippen molar-refractivity contribution < 1.29 is 9.53 Å². The summed E-state index contributed by atoms with van der Waals surface area (Å²) in [6.07, 6.45) is -0.0149. The predicted molar refractivity (Wildman–Crippen MR) is 115 cm³/mol. The number of amides is 1. The van der Waals surface area contributed by atoms with Crippen LogP contribution in [0.5, 0.6) is 5.75 Å². The number of thiazole rings is 1. The summed E-state index contributed by atoms with van der Waals surface area (Å²) in [6, 6.07) is 7.29. The number of aromatic nitrogens is 3. The van der Waals surface area contributed by atoms with Gasteiger partial charge in [-0.15, -0.1) is 11.3 Å². The highest BCUT2D eigenvalue weighted by Crippen LogP contribution is 2.31. The zero-order chi connectivity index (χ0) is 21.3. The number of hydrogen-bond acceptors (Lipinski definition) is 6. The smallest absolute Gasteiger partial charge is 0.277 e. The molecular formula is C21H24N4O3S. The minimum atomic E-state index is -0.286. The molecule has 1 aromatic carbocycles. The van der Waals surface area contributed by atoms with Crippen molar-refractivity contribution in [3.8, 4) is 16.3 Å². The predicted octanol–water partition coefficient (Wildman–Crippen LogP) is 3.87. The fraction of sp³-hybridized carbons (Fsp3) is 0.333. The van der Waals surface area contributed by atoms with E-state index >= 15 is 0 Å². The van der Waals surface area contributed by atoms with E-state index in [0.717, 1.165) is 11.3 Å². The third-order valence-electron chi connectivity index (χ3n) is 4.44. The zero-order valence-corrected chi connectivity index (χ0v) is 18.2. The van der Waals surface area contributed by atoms with Crippen LogP contribution in [0.4, 0.5) is 5.69 Å². The van der Waals surface area contributed by atoms with Crippen molar-refractivity contribution in [2.24, 2.45) is 7.05 Å². The lowest BCUT2D eigenvalue weighted by atomic mass is 10.1. The highest BCUT2D eigenvalue weighted by Gasteiger charge is 2.21. The summed E-state index contributed by atoms with van der Waals surface area (Å²) < 4.78 is 7.07. The molecule has 0 bridgehead atoms. The van der Waals surface area contributed by atoms with Crippen molar-refractivity contribution >= 4 is 22.9 Å². The molecule has 152 valence electrons. The van der Waals surface area contributed by atoms with Gasteiger partial charge in [-0.3, -0.25) is 9.59 Å². The van der Waals surface area contributed by atoms with Gasteiger partial charge in [-0.2, -0.15) is 5.10 Å². The van der Waals surface area contributed by atoms with Gasteiger partial charge in [-0.25, -0.2) is 9.67 Å². The average molecular weight is 413 g/mol. The van der Waals surface area contributed by atoms with E-state index in [9.17, 15) is 9.59 Å². The molecule has 0 atom stereocenters. The Kier molecular flexibility index (Phi) is 5.83. The molecule has 2 heterocycles. The maximum Gasteiger partial charge on any atom is 0.277 e. The van der Waals surface area contributed by atoms with Crippen molar-refractivity contribution in [3.63, 3.8) is 0 Å². The first kappa shape index (κ1) is 20.7. The SMILES string of the molecule is Cc1nc(-c2c(C)c(C)nn(C)c2=O)sc1C(=O)Nc1ccccc1OC(C)C. The Morgan fingerprint density at radius 3 is 2.55 bits per heavy atom. The first-order valence-electron chi connectivity index (χ1n) is 9.28. The quantitative estimate of drug-likeness (QED) is 0.687. The molecule has 29 heavy (non-hydrogen) atoms. The lowest BCUT2D eigenvalue weighted by Crippen LogP contribution is -2.23. The normalized spacial score (nSPS) is 11.0. The molecule has 1 N–H and O–H groups in total. The van der Waals surface area contributed by atoms with E-state index in [1.165, 1.54) is 16.0 Å². The van der Waals surface area contributed by atoms with Crippen molar-refractivity contribution in [2.75, 3.05) is 5.32 Å². The van der Waals surface area contributed by atoms with E-state index in [4.69, 9.17) is 4.74 Å². The molecule has 0 saturated carbocycles. The summed E-state index contributed by atoms with van der Waals surface area (Å²) in [5, 5.41) is 7.62. The Morgan fingerprint density at radius 1 is 1.17 bits per heavy atom. The van der Waals surface area contributed by atoms with Crippen molar-refractivity contribution in [1.82, 2.24) is 14.8 Å². The molecule has 8 heteroatoms. The molecule has 0 unspecified atom stereocenters. The van der Waals surface area contributed by atoms with E-state index in [1.54, 1.807) is 20.0 Å². The van der Waals surface area contributed by atoms with E-state index in [2.05, 4.69) is 15.4 Å². The van der Waals surface area contributed by atoms with E-state index < -0.39 is 0 Å². The van der Waals surface area contributed by atoms with E-state index in [1.807, 2.05) is 45.9 Å². The number of nitrogens with zero attached hydrogens (tertiary/aromatic N) is 3. The minimum Gasteiger partial charge on any atom is -0.489 e. The van der Waals surface area contributed by atoms with Crippen LogP contribution in [0.15, 0.2) is 29.1 Å². The highest BCUT2D eigenvalue weighted by atomic mass is 32.1. The van der Waals surface area contributed by atoms with Crippen LogP contribution in [0, 0.1) is 20.8 Å². The van der Waals surface area contributed by atoms with Gasteiger partial charge in [0.15, 0.2) is 0 Å². The van der Waals surface area contributed by atoms with Gasteiger partial charge >= 0.3 is 0 Å². The van der Waals surface area contributed by atoms with E-state index in [0.29, 0.717) is 32.6 Å². The maximum atomic E-state index is 12.9. The number of carbonyl (C=O) groups excluding carboxylic acids is 1. The van der Waals surface area contributed by atoms with Gasteiger partial charge in [0, 0.05) is 7.05 Å². The van der Waals surface area contributed by atoms with Gasteiger partial charge in [-0.05, 0) is 52.3 Å². The Morgan fingerprint density at radius 2 is 1.86 bits per heavy atom. The molecule has 0 saturated heterocycles. The molecule has 0 aliphatic heterocycles. The minimum absolute atomic E-state index is 0.0149. The first-order chi connectivity index (χ1) is 13.7. The van der Waals surface area contributed by atoms with E-state index in [-0.39, 0.29) is 17.6 Å². The summed E-state index contributed by atoms with van der Waals surface area (Å²) in [7, 11) is 1.61. The Balaban J connectivity index is 1.97. The third-order valence-corrected chi connectivity index (χ3v) is 5.61. The molecule has 0 radical (unpaired) electrons. The van der Waals surface area contributed by atoms with Gasteiger partial charge in [0.2, 0.25) is 0 Å². The molecule has 0 fully saturated rings. The second-order valence-corrected chi connectivity index (χ2v) is 8.06. The van der Waals surface area contributed by atoms with Crippen LogP contribution < -0.4 is 15.6 Å². The largest absolute Gasteiger partial charge is 0.489 e. The number of rotatable bonds is 5. The number of anilines is 1. The van der Waals surface area contributed by atoms with Crippen molar-refractivity contribution in [1.29, 1.82) is 0 Å². The van der Waals surface area contributed by atoms with Crippen LogP contribution in [-0.4, -0.2) is 26.8 Å². The number of aryl methyl sites for hydroxylation is 3. The molecule has 0 spiro atoms. The second kappa shape index (κ2) is 8.16. The first-order valence-corrected chi connectivity index (χ1v) is 10.1. The molecular weight excluding hydrogens is 388 g/mol. The molecule has 0 aliphatic rings. The Bertz CT molecular complexity index is 1130. The van der Waals surface area contributed by atoms with Crippen molar-refractivity contribution in [3.05, 3.63) is 56.4 Å². The van der Waals surface area contributed by atoms with Gasteiger partial charge in [-0.1, -0.05) is 12.1 Å². The van der Waals surface area contributed by atoms with Gasteiger partial charge in [0.1, 0.15) is 15.6 Å². The summed E-state index contributed by atoms with van der Waals surface area (Å²) in [6.45, 7) is 9.31. The van der Waals surface area contributed by atoms with Crippen LogP contribution in [0.25, 0.3) is 10.6 Å². The summed E-state index contributed by atoms with van der Waals surface area (Å²) in [4.78, 5) is 30.5. The average Bonchev–Trinajstić information content (AvgIpc) is 3.03. The highest BCUT2D eigenvalue weighted by molar-refractivity contribution is 7.17. The number of hydrogen-bond donors (Lipinski definition) is 1. The summed E-state index contributed by atoms with van der Waals surface area (Å²) in [5.41, 5.74) is 2.93. The molecule has 3 aromatic rings. The van der Waals surface area contributed by atoms with Crippen LogP contribution in [0.2, 0.25) is 0 Å². The molecule has 7 nitrogen and oxygen atoms in total. The van der Waals surface area contributed by atoms with Crippen LogP contribution in [0.1, 0.15) is 40.5 Å². The molecule has 3 rings (SSSR count). The Labute approximate surface area is 173 Å². The second-order valence-electron chi connectivity index (χ2n) is 7.06. The summed E-state index contributed by atoms with van der Waals surface area (Å²) >= 11 is 1.20. The van der Waals surface area contributed by atoms with Gasteiger partial charge < -0.3 is 10.1 Å². The van der Waals surface area contributed by atoms with Gasteiger partial charge in [0.25, 0.3) is 11.5 Å². The lowest BCUT2D eigenvalue weighted by Gasteiger charge is -2.14. The lowest BCUT2D eigenvalue weighted by molar-refractivity contribution is 0.102. The fourth-order valence-electron chi connectivity index (χ4n) is 2.92.